The molecule has 1 aromatic carbocycles. The lowest BCUT2D eigenvalue weighted by Gasteiger charge is -2.03. The molecule has 0 atom stereocenters. The maximum atomic E-state index is 11.0. The molecule has 2 aromatic rings. The van der Waals surface area contributed by atoms with Gasteiger partial charge < -0.3 is 4.98 Å². The Labute approximate surface area is 94.5 Å². The van der Waals surface area contributed by atoms with Crippen LogP contribution in [0.1, 0.15) is 28.8 Å². The minimum atomic E-state index is 0.684. The highest BCUT2D eigenvalue weighted by Crippen LogP contribution is 2.24. The number of nitrogens with one attached hydrogen (secondary N) is 1. The van der Waals surface area contributed by atoms with E-state index in [2.05, 4.69) is 16.9 Å². The molecule has 1 N–H and O–H groups in total. The van der Waals surface area contributed by atoms with Crippen molar-refractivity contribution in [3.63, 3.8) is 0 Å². The van der Waals surface area contributed by atoms with Gasteiger partial charge in [0.1, 0.15) is 5.82 Å². The number of rotatable bonds is 3. The molecule has 0 amide bonds. The van der Waals surface area contributed by atoms with Gasteiger partial charge in [0.15, 0.2) is 6.29 Å². The minimum Gasteiger partial charge on any atom is -0.346 e. The van der Waals surface area contributed by atoms with Crippen LogP contribution in [0.25, 0.3) is 11.3 Å². The Hall–Kier alpha value is -1.90. The first-order valence-electron chi connectivity index (χ1n) is 5.36. The number of carbonyl (C=O) groups is 1. The van der Waals surface area contributed by atoms with Gasteiger partial charge in [-0.05, 0) is 13.3 Å². The van der Waals surface area contributed by atoms with Crippen LogP contribution in [0.4, 0.5) is 0 Å². The molecule has 0 spiro atoms. The van der Waals surface area contributed by atoms with E-state index in [0.29, 0.717) is 5.56 Å². The number of aromatic amines is 1. The summed E-state index contributed by atoms with van der Waals surface area (Å²) in [6, 6.07) is 7.52. The second kappa shape index (κ2) is 4.31. The molecule has 82 valence electrons. The van der Waals surface area contributed by atoms with Crippen molar-refractivity contribution in [1.29, 1.82) is 0 Å². The second-order valence-electron chi connectivity index (χ2n) is 3.71. The van der Waals surface area contributed by atoms with Gasteiger partial charge in [0.25, 0.3) is 0 Å². The topological polar surface area (TPSA) is 45.8 Å². The quantitative estimate of drug-likeness (QED) is 0.798. The SMILES string of the molecule is CCc1[nH]c(C)nc1-c1ccccc1C=O. The lowest BCUT2D eigenvalue weighted by Crippen LogP contribution is -1.91. The molecule has 0 bridgehead atoms. The van der Waals surface area contributed by atoms with Gasteiger partial charge in [-0.2, -0.15) is 0 Å². The van der Waals surface area contributed by atoms with Crippen LogP contribution >= 0.6 is 0 Å². The Morgan fingerprint density at radius 1 is 1.38 bits per heavy atom. The number of imidazole rings is 1. The highest BCUT2D eigenvalue weighted by molar-refractivity contribution is 5.87. The first kappa shape index (κ1) is 10.6. The molecule has 0 fully saturated rings. The van der Waals surface area contributed by atoms with Crippen molar-refractivity contribution in [2.75, 3.05) is 0 Å². The zero-order valence-corrected chi connectivity index (χ0v) is 9.45. The van der Waals surface area contributed by atoms with Crippen molar-refractivity contribution in [3.8, 4) is 11.3 Å². The number of carbonyl (C=O) groups excluding carboxylic acids is 1. The van der Waals surface area contributed by atoms with Gasteiger partial charge in [0.2, 0.25) is 0 Å². The van der Waals surface area contributed by atoms with Crippen LogP contribution in [0.2, 0.25) is 0 Å². The Morgan fingerprint density at radius 3 is 2.81 bits per heavy atom. The first-order chi connectivity index (χ1) is 7.76. The number of hydrogen-bond donors (Lipinski definition) is 1. The smallest absolute Gasteiger partial charge is 0.150 e. The third kappa shape index (κ3) is 1.76. The maximum Gasteiger partial charge on any atom is 0.150 e. The second-order valence-corrected chi connectivity index (χ2v) is 3.71. The summed E-state index contributed by atoms with van der Waals surface area (Å²) in [4.78, 5) is 18.6. The van der Waals surface area contributed by atoms with E-state index >= 15 is 0 Å². The molecule has 0 aliphatic heterocycles. The summed E-state index contributed by atoms with van der Waals surface area (Å²) in [6.45, 7) is 3.99. The zero-order valence-electron chi connectivity index (χ0n) is 9.45. The fraction of sp³-hybridized carbons (Fsp3) is 0.231. The van der Waals surface area contributed by atoms with Crippen LogP contribution in [-0.4, -0.2) is 16.3 Å². The first-order valence-corrected chi connectivity index (χ1v) is 5.36. The van der Waals surface area contributed by atoms with E-state index in [-0.39, 0.29) is 0 Å². The summed E-state index contributed by atoms with van der Waals surface area (Å²) in [6.07, 6.45) is 1.75. The summed E-state index contributed by atoms with van der Waals surface area (Å²) < 4.78 is 0. The molecule has 2 rings (SSSR count). The molecule has 1 heterocycles. The fourth-order valence-corrected chi connectivity index (χ4v) is 1.83. The van der Waals surface area contributed by atoms with Gasteiger partial charge in [0.05, 0.1) is 5.69 Å². The van der Waals surface area contributed by atoms with Crippen LogP contribution < -0.4 is 0 Å². The van der Waals surface area contributed by atoms with Crippen molar-refractivity contribution in [1.82, 2.24) is 9.97 Å². The number of hydrogen-bond acceptors (Lipinski definition) is 2. The monoisotopic (exact) mass is 214 g/mol. The van der Waals surface area contributed by atoms with Gasteiger partial charge in [0, 0.05) is 16.8 Å². The molecular weight excluding hydrogens is 200 g/mol. The number of aldehydes is 1. The molecule has 0 saturated carbocycles. The number of aromatic nitrogens is 2. The molecule has 0 aliphatic carbocycles. The van der Waals surface area contributed by atoms with Gasteiger partial charge in [-0.3, -0.25) is 4.79 Å². The predicted octanol–water partition coefficient (Wildman–Crippen LogP) is 2.76. The fourth-order valence-electron chi connectivity index (χ4n) is 1.83. The van der Waals surface area contributed by atoms with Crippen molar-refractivity contribution in [2.45, 2.75) is 20.3 Å². The third-order valence-corrected chi connectivity index (χ3v) is 2.59. The molecule has 3 heteroatoms. The van der Waals surface area contributed by atoms with Gasteiger partial charge >= 0.3 is 0 Å². The molecule has 1 aromatic heterocycles. The van der Waals surface area contributed by atoms with Crippen molar-refractivity contribution >= 4 is 6.29 Å². The molecule has 0 saturated heterocycles. The van der Waals surface area contributed by atoms with Crippen LogP contribution in [0.15, 0.2) is 24.3 Å². The number of H-pyrrole nitrogens is 1. The highest BCUT2D eigenvalue weighted by Gasteiger charge is 2.11. The van der Waals surface area contributed by atoms with Crippen molar-refractivity contribution in [3.05, 3.63) is 41.3 Å². The van der Waals surface area contributed by atoms with Crippen molar-refractivity contribution < 1.29 is 4.79 Å². The average Bonchev–Trinajstić information content (AvgIpc) is 2.70. The standard InChI is InChI=1S/C13H14N2O/c1-3-12-13(15-9(2)14-12)11-7-5-4-6-10(11)8-16/h4-8H,3H2,1-2H3,(H,14,15). The van der Waals surface area contributed by atoms with E-state index in [1.807, 2.05) is 31.2 Å². The lowest BCUT2D eigenvalue weighted by atomic mass is 10.0. The van der Waals surface area contributed by atoms with E-state index in [4.69, 9.17) is 0 Å². The summed E-state index contributed by atoms with van der Waals surface area (Å²) >= 11 is 0. The largest absolute Gasteiger partial charge is 0.346 e. The lowest BCUT2D eigenvalue weighted by molar-refractivity contribution is 0.112. The van der Waals surface area contributed by atoms with Gasteiger partial charge in [-0.15, -0.1) is 0 Å². The molecule has 16 heavy (non-hydrogen) atoms. The average molecular weight is 214 g/mol. The summed E-state index contributed by atoms with van der Waals surface area (Å²) in [5, 5.41) is 0. The number of benzene rings is 1. The Kier molecular flexibility index (Phi) is 2.86. The number of nitrogens with zero attached hydrogens (tertiary/aromatic N) is 1. The summed E-state index contributed by atoms with van der Waals surface area (Å²) in [5.74, 6) is 0.882. The van der Waals surface area contributed by atoms with Crippen LogP contribution in [0.3, 0.4) is 0 Å². The van der Waals surface area contributed by atoms with E-state index in [0.717, 1.165) is 35.5 Å². The third-order valence-electron chi connectivity index (χ3n) is 2.59. The molecule has 0 unspecified atom stereocenters. The Bertz CT molecular complexity index is 514. The Balaban J connectivity index is 2.61. The summed E-state index contributed by atoms with van der Waals surface area (Å²) in [5.41, 5.74) is 3.55. The van der Waals surface area contributed by atoms with Crippen LogP contribution in [-0.2, 0) is 6.42 Å². The highest BCUT2D eigenvalue weighted by atomic mass is 16.1. The van der Waals surface area contributed by atoms with Crippen LogP contribution in [0.5, 0.6) is 0 Å². The molecule has 3 nitrogen and oxygen atoms in total. The summed E-state index contributed by atoms with van der Waals surface area (Å²) in [7, 11) is 0. The molecule has 0 radical (unpaired) electrons. The Morgan fingerprint density at radius 2 is 2.12 bits per heavy atom. The molecular formula is C13H14N2O. The van der Waals surface area contributed by atoms with Crippen LogP contribution in [0, 0.1) is 6.92 Å². The van der Waals surface area contributed by atoms with E-state index < -0.39 is 0 Å². The normalized spacial score (nSPS) is 10.4. The van der Waals surface area contributed by atoms with Crippen molar-refractivity contribution in [2.24, 2.45) is 0 Å². The van der Waals surface area contributed by atoms with E-state index in [1.165, 1.54) is 0 Å². The molecule has 0 aliphatic rings. The maximum absolute atomic E-state index is 11.0. The van der Waals surface area contributed by atoms with Gasteiger partial charge in [-0.25, -0.2) is 4.98 Å². The predicted molar refractivity (Wildman–Crippen MR) is 63.5 cm³/mol. The van der Waals surface area contributed by atoms with E-state index in [1.54, 1.807) is 0 Å². The zero-order chi connectivity index (χ0) is 11.5. The van der Waals surface area contributed by atoms with Gasteiger partial charge in [-0.1, -0.05) is 31.2 Å². The minimum absolute atomic E-state index is 0.684. The van der Waals surface area contributed by atoms with E-state index in [9.17, 15) is 4.79 Å². The number of aryl methyl sites for hydroxylation is 2.